The second-order valence-electron chi connectivity index (χ2n) is 7.71. The molecule has 5 nitrogen and oxygen atoms in total. The Hall–Kier alpha value is -1.85. The lowest BCUT2D eigenvalue weighted by molar-refractivity contribution is -0.120. The van der Waals surface area contributed by atoms with Crippen molar-refractivity contribution in [1.82, 2.24) is 5.32 Å². The average molecular weight is 373 g/mol. The van der Waals surface area contributed by atoms with E-state index in [0.717, 1.165) is 42.4 Å². The predicted octanol–water partition coefficient (Wildman–Crippen LogP) is 4.11. The quantitative estimate of drug-likeness (QED) is 0.672. The van der Waals surface area contributed by atoms with E-state index in [2.05, 4.69) is 38.2 Å². The van der Waals surface area contributed by atoms with Gasteiger partial charge in [-0.15, -0.1) is 0 Å². The fourth-order valence-electron chi connectivity index (χ4n) is 3.63. The van der Waals surface area contributed by atoms with E-state index in [1.807, 2.05) is 0 Å². The highest BCUT2D eigenvalue weighted by atomic mass is 16.5. The normalized spacial score (nSPS) is 17.1. The molecule has 1 saturated heterocycles. The number of amides is 1. The molecule has 1 atom stereocenters. The van der Waals surface area contributed by atoms with Crippen molar-refractivity contribution in [2.45, 2.75) is 58.5 Å². The van der Waals surface area contributed by atoms with E-state index >= 15 is 0 Å². The monoisotopic (exact) mass is 373 g/mol. The van der Waals surface area contributed by atoms with E-state index in [1.54, 1.807) is 6.26 Å². The summed E-state index contributed by atoms with van der Waals surface area (Å²) in [6.07, 6.45) is 5.33. The van der Waals surface area contributed by atoms with Gasteiger partial charge in [-0.3, -0.25) is 4.79 Å². The zero-order chi connectivity index (χ0) is 19.2. The number of aryl methyl sites for hydroxylation is 1. The third kappa shape index (κ3) is 5.33. The number of fused-ring (bicyclic) bond motifs is 1. The molecule has 1 aliphatic rings. The van der Waals surface area contributed by atoms with Gasteiger partial charge in [0.1, 0.15) is 5.58 Å². The molecular formula is C22H31NO4. The van der Waals surface area contributed by atoms with E-state index in [-0.39, 0.29) is 12.0 Å². The first kappa shape index (κ1) is 19.9. The van der Waals surface area contributed by atoms with E-state index in [9.17, 15) is 4.79 Å². The highest BCUT2D eigenvalue weighted by Crippen LogP contribution is 2.29. The van der Waals surface area contributed by atoms with Crippen molar-refractivity contribution < 1.29 is 18.7 Å². The number of hydrogen-bond acceptors (Lipinski definition) is 4. The predicted molar refractivity (Wildman–Crippen MR) is 106 cm³/mol. The summed E-state index contributed by atoms with van der Waals surface area (Å²) in [5, 5.41) is 4.01. The molecule has 0 aliphatic carbocycles. The highest BCUT2D eigenvalue weighted by Gasteiger charge is 2.15. The molecule has 5 heteroatoms. The Bertz CT molecular complexity index is 759. The van der Waals surface area contributed by atoms with Crippen LogP contribution in [0.15, 0.2) is 22.8 Å². The molecular weight excluding hydrogens is 342 g/mol. The maximum atomic E-state index is 12.3. The summed E-state index contributed by atoms with van der Waals surface area (Å²) in [5.41, 5.74) is 4.32. The van der Waals surface area contributed by atoms with Crippen molar-refractivity contribution in [3.8, 4) is 0 Å². The molecule has 1 aromatic carbocycles. The summed E-state index contributed by atoms with van der Waals surface area (Å²) in [5.74, 6) is 0.462. The third-order valence-electron chi connectivity index (χ3n) is 5.13. The number of carbonyl (C=O) groups is 1. The summed E-state index contributed by atoms with van der Waals surface area (Å²) >= 11 is 0. The Morgan fingerprint density at radius 1 is 1.37 bits per heavy atom. The number of carbonyl (C=O) groups excluding carboxylic acids is 1. The second-order valence-corrected chi connectivity index (χ2v) is 7.71. The molecule has 27 heavy (non-hydrogen) atoms. The van der Waals surface area contributed by atoms with Crippen LogP contribution in [0.3, 0.4) is 0 Å². The standard InChI is InChI=1S/C22H31NO4/c1-15(2)19-12-20-17(13-27-21(20)10-16(19)3)11-22(24)23-7-5-8-25-14-18-6-4-9-26-18/h10,12-13,15,18H,4-9,11,14H2,1-3H3,(H,23,24). The molecule has 1 fully saturated rings. The lowest BCUT2D eigenvalue weighted by Gasteiger charge is -2.11. The van der Waals surface area contributed by atoms with Crippen LogP contribution in [-0.4, -0.2) is 38.4 Å². The van der Waals surface area contributed by atoms with Crippen LogP contribution in [0.4, 0.5) is 0 Å². The number of rotatable bonds is 9. The second kappa shape index (κ2) is 9.38. The van der Waals surface area contributed by atoms with Gasteiger partial charge in [0.15, 0.2) is 0 Å². The van der Waals surface area contributed by atoms with Crippen molar-refractivity contribution in [3.05, 3.63) is 35.1 Å². The van der Waals surface area contributed by atoms with Gasteiger partial charge in [0.2, 0.25) is 5.91 Å². The molecule has 0 saturated carbocycles. The van der Waals surface area contributed by atoms with E-state index in [4.69, 9.17) is 13.9 Å². The first-order valence-electron chi connectivity index (χ1n) is 10.0. The Balaban J connectivity index is 1.44. The summed E-state index contributed by atoms with van der Waals surface area (Å²) in [6.45, 7) is 9.24. The summed E-state index contributed by atoms with van der Waals surface area (Å²) in [4.78, 5) is 12.3. The van der Waals surface area contributed by atoms with Crippen LogP contribution < -0.4 is 5.32 Å². The molecule has 2 aromatic rings. The highest BCUT2D eigenvalue weighted by molar-refractivity contribution is 5.88. The molecule has 1 aliphatic heterocycles. The average Bonchev–Trinajstić information content (AvgIpc) is 3.27. The van der Waals surface area contributed by atoms with E-state index in [0.29, 0.717) is 32.1 Å². The van der Waals surface area contributed by atoms with Crippen molar-refractivity contribution in [2.75, 3.05) is 26.4 Å². The molecule has 1 unspecified atom stereocenters. The minimum absolute atomic E-state index is 0.0171. The maximum absolute atomic E-state index is 12.3. The fraction of sp³-hybridized carbons (Fsp3) is 0.591. The lowest BCUT2D eigenvalue weighted by Crippen LogP contribution is -2.27. The summed E-state index contributed by atoms with van der Waals surface area (Å²) < 4.78 is 16.8. The van der Waals surface area contributed by atoms with E-state index in [1.165, 1.54) is 11.1 Å². The van der Waals surface area contributed by atoms with Gasteiger partial charge < -0.3 is 19.2 Å². The first-order chi connectivity index (χ1) is 13.0. The van der Waals surface area contributed by atoms with Crippen LogP contribution in [-0.2, 0) is 20.7 Å². The van der Waals surface area contributed by atoms with Crippen LogP contribution >= 0.6 is 0 Å². The molecule has 0 spiro atoms. The third-order valence-corrected chi connectivity index (χ3v) is 5.13. The Kier molecular flexibility index (Phi) is 6.91. The number of benzene rings is 1. The fourth-order valence-corrected chi connectivity index (χ4v) is 3.63. The largest absolute Gasteiger partial charge is 0.464 e. The van der Waals surface area contributed by atoms with Gasteiger partial charge in [-0.05, 0) is 55.4 Å². The van der Waals surface area contributed by atoms with Crippen molar-refractivity contribution in [3.63, 3.8) is 0 Å². The van der Waals surface area contributed by atoms with Gasteiger partial charge in [0, 0.05) is 30.7 Å². The van der Waals surface area contributed by atoms with Gasteiger partial charge in [-0.1, -0.05) is 13.8 Å². The zero-order valence-corrected chi connectivity index (χ0v) is 16.7. The smallest absolute Gasteiger partial charge is 0.224 e. The Labute approximate surface area is 161 Å². The number of furan rings is 1. The summed E-state index contributed by atoms with van der Waals surface area (Å²) in [6, 6.07) is 4.23. The molecule has 1 aromatic heterocycles. The van der Waals surface area contributed by atoms with Gasteiger partial charge in [-0.25, -0.2) is 0 Å². The van der Waals surface area contributed by atoms with Crippen LogP contribution in [0.5, 0.6) is 0 Å². The van der Waals surface area contributed by atoms with Crippen LogP contribution in [0.1, 0.15) is 55.7 Å². The molecule has 1 amide bonds. The molecule has 1 N–H and O–H groups in total. The van der Waals surface area contributed by atoms with Gasteiger partial charge in [0.25, 0.3) is 0 Å². The topological polar surface area (TPSA) is 60.7 Å². The Morgan fingerprint density at radius 3 is 2.96 bits per heavy atom. The van der Waals surface area contributed by atoms with Crippen molar-refractivity contribution >= 4 is 16.9 Å². The van der Waals surface area contributed by atoms with Crippen LogP contribution in [0.25, 0.3) is 11.0 Å². The SMILES string of the molecule is Cc1cc2occ(CC(=O)NCCCOCC3CCCO3)c2cc1C(C)C. The first-order valence-corrected chi connectivity index (χ1v) is 10.0. The van der Waals surface area contributed by atoms with Crippen LogP contribution in [0, 0.1) is 6.92 Å². The lowest BCUT2D eigenvalue weighted by atomic mass is 9.95. The Morgan fingerprint density at radius 2 is 2.22 bits per heavy atom. The number of ether oxygens (including phenoxy) is 2. The van der Waals surface area contributed by atoms with Gasteiger partial charge in [-0.2, -0.15) is 0 Å². The zero-order valence-electron chi connectivity index (χ0n) is 16.7. The minimum atomic E-state index is 0.0171. The number of nitrogens with one attached hydrogen (secondary N) is 1. The van der Waals surface area contributed by atoms with Crippen molar-refractivity contribution in [1.29, 1.82) is 0 Å². The minimum Gasteiger partial charge on any atom is -0.464 e. The number of hydrogen-bond donors (Lipinski definition) is 1. The van der Waals surface area contributed by atoms with E-state index < -0.39 is 0 Å². The van der Waals surface area contributed by atoms with Crippen LogP contribution in [0.2, 0.25) is 0 Å². The molecule has 0 radical (unpaired) electrons. The molecule has 3 rings (SSSR count). The molecule has 2 heterocycles. The maximum Gasteiger partial charge on any atom is 0.224 e. The van der Waals surface area contributed by atoms with Crippen molar-refractivity contribution in [2.24, 2.45) is 0 Å². The molecule has 0 bridgehead atoms. The van der Waals surface area contributed by atoms with Gasteiger partial charge in [0.05, 0.1) is 25.4 Å². The van der Waals surface area contributed by atoms with Gasteiger partial charge >= 0.3 is 0 Å². The molecule has 148 valence electrons. The summed E-state index contributed by atoms with van der Waals surface area (Å²) in [7, 11) is 0.